The Kier molecular flexibility index (Phi) is 5.20. The van der Waals surface area contributed by atoms with Crippen molar-refractivity contribution in [3.63, 3.8) is 0 Å². The average Bonchev–Trinajstić information content (AvgIpc) is 3.28. The summed E-state index contributed by atoms with van der Waals surface area (Å²) < 4.78 is 4.84. The lowest BCUT2D eigenvalue weighted by Crippen LogP contribution is -2.41. The fourth-order valence-corrected chi connectivity index (χ4v) is 2.54. The Bertz CT molecular complexity index is 862. The van der Waals surface area contributed by atoms with E-state index in [4.69, 9.17) is 4.42 Å². The van der Waals surface area contributed by atoms with Crippen LogP contribution in [0.5, 0.6) is 0 Å². The lowest BCUT2D eigenvalue weighted by atomic mass is 10.1. The molecule has 0 spiro atoms. The second-order valence-electron chi connectivity index (χ2n) is 6.04. The van der Waals surface area contributed by atoms with Crippen molar-refractivity contribution >= 4 is 29.4 Å². The summed E-state index contributed by atoms with van der Waals surface area (Å²) in [6.45, 7) is 1.66. The Morgan fingerprint density at radius 3 is 2.78 bits per heavy atom. The van der Waals surface area contributed by atoms with Gasteiger partial charge < -0.3 is 20.4 Å². The average molecular weight is 370 g/mol. The van der Waals surface area contributed by atoms with E-state index in [1.807, 2.05) is 0 Å². The third-order valence-corrected chi connectivity index (χ3v) is 4.00. The Balaban J connectivity index is 1.60. The second kappa shape index (κ2) is 7.73. The number of carbonyl (C=O) groups is 4. The third-order valence-electron chi connectivity index (χ3n) is 4.00. The fraction of sp³-hybridized carbons (Fsp3) is 0.222. The van der Waals surface area contributed by atoms with E-state index in [-0.39, 0.29) is 19.0 Å². The summed E-state index contributed by atoms with van der Waals surface area (Å²) >= 11 is 0. The molecule has 2 aromatic rings. The number of furan rings is 1. The summed E-state index contributed by atoms with van der Waals surface area (Å²) in [7, 11) is 0. The monoisotopic (exact) mass is 370 g/mol. The minimum Gasteiger partial charge on any atom is -0.472 e. The molecule has 140 valence electrons. The fourth-order valence-electron chi connectivity index (χ4n) is 2.54. The van der Waals surface area contributed by atoms with Gasteiger partial charge in [0.2, 0.25) is 11.8 Å². The molecule has 0 saturated carbocycles. The van der Waals surface area contributed by atoms with E-state index < -0.39 is 23.9 Å². The van der Waals surface area contributed by atoms with Crippen LogP contribution in [0.25, 0.3) is 0 Å². The maximum Gasteiger partial charge on any atom is 0.324 e. The molecule has 2 heterocycles. The van der Waals surface area contributed by atoms with Gasteiger partial charge in [0.05, 0.1) is 24.9 Å². The number of benzene rings is 1. The van der Waals surface area contributed by atoms with Gasteiger partial charge in [0, 0.05) is 5.69 Å². The number of anilines is 1. The van der Waals surface area contributed by atoms with E-state index in [1.54, 1.807) is 31.2 Å². The Labute approximate surface area is 154 Å². The van der Waals surface area contributed by atoms with Gasteiger partial charge in [-0.2, -0.15) is 0 Å². The number of hydrogen-bond donors (Lipinski definition) is 3. The van der Waals surface area contributed by atoms with Crippen LogP contribution in [0.1, 0.15) is 22.8 Å². The molecule has 1 aromatic heterocycles. The predicted molar refractivity (Wildman–Crippen MR) is 94.7 cm³/mol. The highest BCUT2D eigenvalue weighted by atomic mass is 16.3. The van der Waals surface area contributed by atoms with Crippen LogP contribution in [-0.2, 0) is 16.1 Å². The van der Waals surface area contributed by atoms with E-state index >= 15 is 0 Å². The first-order valence-electron chi connectivity index (χ1n) is 8.25. The van der Waals surface area contributed by atoms with Gasteiger partial charge in [-0.15, -0.1) is 0 Å². The largest absolute Gasteiger partial charge is 0.472 e. The van der Waals surface area contributed by atoms with Crippen molar-refractivity contribution in [1.29, 1.82) is 0 Å². The number of carbonyl (C=O) groups excluding carboxylic acids is 4. The van der Waals surface area contributed by atoms with Crippen molar-refractivity contribution in [2.45, 2.75) is 19.5 Å². The summed E-state index contributed by atoms with van der Waals surface area (Å²) in [6, 6.07) is 7.09. The third kappa shape index (κ3) is 4.32. The summed E-state index contributed by atoms with van der Waals surface area (Å²) in [5, 5.41) is 7.72. The molecule has 1 aromatic carbocycles. The quantitative estimate of drug-likeness (QED) is 0.657. The molecule has 0 bridgehead atoms. The maximum absolute atomic E-state index is 12.3. The second-order valence-corrected chi connectivity index (χ2v) is 6.04. The van der Waals surface area contributed by atoms with Crippen LogP contribution in [0, 0.1) is 0 Å². The van der Waals surface area contributed by atoms with Crippen LogP contribution < -0.4 is 16.0 Å². The van der Waals surface area contributed by atoms with Gasteiger partial charge in [0.25, 0.3) is 5.91 Å². The Hall–Kier alpha value is -3.62. The first-order chi connectivity index (χ1) is 12.9. The van der Waals surface area contributed by atoms with Crippen molar-refractivity contribution in [2.24, 2.45) is 0 Å². The lowest BCUT2D eigenvalue weighted by molar-refractivity contribution is -0.125. The molecular weight excluding hydrogens is 352 g/mol. The van der Waals surface area contributed by atoms with Crippen molar-refractivity contribution < 1.29 is 23.6 Å². The minimum absolute atomic E-state index is 0.0108. The molecule has 0 unspecified atom stereocenters. The van der Waals surface area contributed by atoms with Gasteiger partial charge in [-0.05, 0) is 30.7 Å². The van der Waals surface area contributed by atoms with Crippen molar-refractivity contribution in [3.8, 4) is 0 Å². The highest BCUT2D eigenvalue weighted by molar-refractivity contribution is 6.02. The molecule has 3 N–H and O–H groups in total. The van der Waals surface area contributed by atoms with E-state index in [9.17, 15) is 19.2 Å². The van der Waals surface area contributed by atoms with Gasteiger partial charge in [-0.3, -0.25) is 19.3 Å². The number of rotatable bonds is 6. The molecule has 3 rings (SSSR count). The van der Waals surface area contributed by atoms with Crippen LogP contribution in [0.4, 0.5) is 10.5 Å². The molecule has 1 fully saturated rings. The standard InChI is InChI=1S/C18H18N4O5/c1-11(20-17(25)13-5-6-27-10-13)16(24)21-14-4-2-3-12(7-14)9-22-15(23)8-19-18(22)26/h2-7,10-11H,8-9H2,1H3,(H,19,26)(H,20,25)(H,21,24)/t11-/m0/s1. The van der Waals surface area contributed by atoms with Gasteiger partial charge in [-0.25, -0.2) is 4.79 Å². The van der Waals surface area contributed by atoms with Crippen LogP contribution in [0.15, 0.2) is 47.3 Å². The Morgan fingerprint density at radius 2 is 2.11 bits per heavy atom. The zero-order chi connectivity index (χ0) is 19.4. The summed E-state index contributed by atoms with van der Waals surface area (Å²) in [5.74, 6) is -1.12. The van der Waals surface area contributed by atoms with E-state index in [2.05, 4.69) is 16.0 Å². The van der Waals surface area contributed by atoms with Crippen molar-refractivity contribution in [3.05, 3.63) is 54.0 Å². The van der Waals surface area contributed by atoms with Crippen molar-refractivity contribution in [2.75, 3.05) is 11.9 Å². The van der Waals surface area contributed by atoms with E-state index in [0.29, 0.717) is 16.8 Å². The highest BCUT2D eigenvalue weighted by Gasteiger charge is 2.28. The van der Waals surface area contributed by atoms with Crippen LogP contribution in [-0.4, -0.2) is 41.2 Å². The molecule has 1 atom stereocenters. The number of imide groups is 1. The van der Waals surface area contributed by atoms with Gasteiger partial charge in [-0.1, -0.05) is 12.1 Å². The molecule has 1 aliphatic rings. The smallest absolute Gasteiger partial charge is 0.324 e. The zero-order valence-corrected chi connectivity index (χ0v) is 14.5. The van der Waals surface area contributed by atoms with Gasteiger partial charge in [0.15, 0.2) is 0 Å². The number of urea groups is 1. The van der Waals surface area contributed by atoms with Crippen LogP contribution in [0.2, 0.25) is 0 Å². The number of nitrogens with zero attached hydrogens (tertiary/aromatic N) is 1. The molecule has 9 nitrogen and oxygen atoms in total. The SMILES string of the molecule is C[C@H](NC(=O)c1ccoc1)C(=O)Nc1cccc(CN2C(=O)CNC2=O)c1. The number of amides is 5. The van der Waals surface area contributed by atoms with Crippen molar-refractivity contribution in [1.82, 2.24) is 15.5 Å². The lowest BCUT2D eigenvalue weighted by Gasteiger charge is -2.15. The molecule has 0 aliphatic carbocycles. The highest BCUT2D eigenvalue weighted by Crippen LogP contribution is 2.14. The molecule has 1 aliphatic heterocycles. The molecule has 0 radical (unpaired) electrons. The first-order valence-corrected chi connectivity index (χ1v) is 8.25. The molecule has 9 heteroatoms. The maximum atomic E-state index is 12.3. The predicted octanol–water partition coefficient (Wildman–Crippen LogP) is 1.09. The van der Waals surface area contributed by atoms with E-state index in [1.165, 1.54) is 18.6 Å². The van der Waals surface area contributed by atoms with Crippen LogP contribution >= 0.6 is 0 Å². The normalized spacial score (nSPS) is 14.6. The molecule has 1 saturated heterocycles. The Morgan fingerprint density at radius 1 is 1.30 bits per heavy atom. The first kappa shape index (κ1) is 18.2. The summed E-state index contributed by atoms with van der Waals surface area (Å²) in [5.41, 5.74) is 1.51. The summed E-state index contributed by atoms with van der Waals surface area (Å²) in [6.07, 6.45) is 2.66. The van der Waals surface area contributed by atoms with E-state index in [0.717, 1.165) is 4.90 Å². The number of hydrogen-bond acceptors (Lipinski definition) is 5. The topological polar surface area (TPSA) is 121 Å². The molecule has 5 amide bonds. The van der Waals surface area contributed by atoms with Gasteiger partial charge in [0.1, 0.15) is 12.3 Å². The molecular formula is C18H18N4O5. The zero-order valence-electron chi connectivity index (χ0n) is 14.5. The van der Waals surface area contributed by atoms with Gasteiger partial charge >= 0.3 is 6.03 Å². The minimum atomic E-state index is -0.776. The molecule has 27 heavy (non-hydrogen) atoms. The number of nitrogens with one attached hydrogen (secondary N) is 3. The van der Waals surface area contributed by atoms with Crippen LogP contribution in [0.3, 0.4) is 0 Å². The summed E-state index contributed by atoms with van der Waals surface area (Å²) in [4.78, 5) is 48.6.